The Hall–Kier alpha value is -2.34. The molecule has 26 heavy (non-hydrogen) atoms. The second-order valence-electron chi connectivity index (χ2n) is 7.08. The molecule has 2 heterocycles. The van der Waals surface area contributed by atoms with E-state index in [2.05, 4.69) is 18.9 Å². The normalized spacial score (nSPS) is 17.5. The number of rotatable bonds is 6. The van der Waals surface area contributed by atoms with E-state index >= 15 is 0 Å². The number of carbonyl (C=O) groups is 1. The van der Waals surface area contributed by atoms with E-state index in [1.807, 2.05) is 35.2 Å². The predicted molar refractivity (Wildman–Crippen MR) is 99.8 cm³/mol. The van der Waals surface area contributed by atoms with Crippen LogP contribution in [0.2, 0.25) is 0 Å². The van der Waals surface area contributed by atoms with Gasteiger partial charge in [0.2, 0.25) is 0 Å². The Kier molecular flexibility index (Phi) is 5.93. The van der Waals surface area contributed by atoms with Crippen molar-refractivity contribution in [2.45, 2.75) is 32.8 Å². The Morgan fingerprint density at radius 2 is 2.08 bits per heavy atom. The molecule has 1 unspecified atom stereocenters. The molecule has 0 radical (unpaired) electrons. The highest BCUT2D eigenvalue weighted by Gasteiger charge is 2.29. The molecule has 0 spiro atoms. The molecule has 6 nitrogen and oxygen atoms in total. The van der Waals surface area contributed by atoms with Crippen molar-refractivity contribution in [3.63, 3.8) is 0 Å². The number of nitrogens with zero attached hydrogens (tertiary/aromatic N) is 3. The van der Waals surface area contributed by atoms with Crippen molar-refractivity contribution < 1.29 is 14.3 Å². The number of ether oxygens (including phenoxy) is 2. The van der Waals surface area contributed by atoms with Crippen molar-refractivity contribution in [1.29, 1.82) is 0 Å². The summed E-state index contributed by atoms with van der Waals surface area (Å²) >= 11 is 0. The number of benzene rings is 1. The number of para-hydroxylation sites is 1. The highest BCUT2D eigenvalue weighted by molar-refractivity contribution is 5.95. The van der Waals surface area contributed by atoms with Gasteiger partial charge in [-0.25, -0.2) is 4.68 Å². The van der Waals surface area contributed by atoms with E-state index in [-0.39, 0.29) is 12.0 Å². The lowest BCUT2D eigenvalue weighted by molar-refractivity contribution is 0.0263. The fraction of sp³-hybridized carbons (Fsp3) is 0.500. The Balaban J connectivity index is 1.88. The molecule has 1 aliphatic heterocycles. The van der Waals surface area contributed by atoms with Gasteiger partial charge in [0.15, 0.2) is 11.4 Å². The van der Waals surface area contributed by atoms with Gasteiger partial charge in [0.05, 0.1) is 24.6 Å². The lowest BCUT2D eigenvalue weighted by atomic mass is 10.1. The standard InChI is InChI=1S/C20H27N3O3/c1-15(2)14-26-18-13-23(16-8-5-4-6-9-16)21-19(18)20(24)22-11-7-10-17(12-22)25-3/h4-6,8-9,13,15,17H,7,10-12,14H2,1-3H3. The van der Waals surface area contributed by atoms with Crippen LogP contribution in [0.15, 0.2) is 36.5 Å². The van der Waals surface area contributed by atoms with E-state index < -0.39 is 0 Å². The highest BCUT2D eigenvalue weighted by atomic mass is 16.5. The van der Waals surface area contributed by atoms with Crippen LogP contribution >= 0.6 is 0 Å². The zero-order valence-electron chi connectivity index (χ0n) is 15.7. The lowest BCUT2D eigenvalue weighted by Gasteiger charge is -2.31. The summed E-state index contributed by atoms with van der Waals surface area (Å²) in [4.78, 5) is 14.9. The second-order valence-corrected chi connectivity index (χ2v) is 7.08. The molecule has 0 aliphatic carbocycles. The summed E-state index contributed by atoms with van der Waals surface area (Å²) in [6.45, 7) is 6.02. The number of carbonyl (C=O) groups excluding carboxylic acids is 1. The number of likely N-dealkylation sites (tertiary alicyclic amines) is 1. The number of methoxy groups -OCH3 is 1. The average Bonchev–Trinajstić information content (AvgIpc) is 3.10. The van der Waals surface area contributed by atoms with Crippen LogP contribution < -0.4 is 4.74 Å². The number of aromatic nitrogens is 2. The summed E-state index contributed by atoms with van der Waals surface area (Å²) in [5.41, 5.74) is 1.26. The number of piperidine rings is 1. The van der Waals surface area contributed by atoms with Gasteiger partial charge in [-0.15, -0.1) is 0 Å². The van der Waals surface area contributed by atoms with Crippen molar-refractivity contribution in [2.75, 3.05) is 26.8 Å². The van der Waals surface area contributed by atoms with Gasteiger partial charge in [0, 0.05) is 20.2 Å². The summed E-state index contributed by atoms with van der Waals surface area (Å²) in [6.07, 6.45) is 3.80. The van der Waals surface area contributed by atoms with Crippen LogP contribution in [0.25, 0.3) is 5.69 Å². The first-order chi connectivity index (χ1) is 12.6. The number of hydrogen-bond donors (Lipinski definition) is 0. The third-order valence-corrected chi connectivity index (χ3v) is 4.47. The second kappa shape index (κ2) is 8.36. The van der Waals surface area contributed by atoms with Crippen molar-refractivity contribution >= 4 is 5.91 Å². The molecule has 0 bridgehead atoms. The number of amides is 1. The van der Waals surface area contributed by atoms with Crippen LogP contribution in [0, 0.1) is 5.92 Å². The molecule has 1 fully saturated rings. The topological polar surface area (TPSA) is 56.6 Å². The first kappa shape index (κ1) is 18.5. The molecule has 1 aromatic heterocycles. The monoisotopic (exact) mass is 357 g/mol. The van der Waals surface area contributed by atoms with E-state index in [0.29, 0.717) is 30.5 Å². The molecule has 1 aromatic carbocycles. The summed E-state index contributed by atoms with van der Waals surface area (Å²) < 4.78 is 13.1. The maximum absolute atomic E-state index is 13.1. The lowest BCUT2D eigenvalue weighted by Crippen LogP contribution is -2.43. The zero-order valence-corrected chi connectivity index (χ0v) is 15.7. The summed E-state index contributed by atoms with van der Waals surface area (Å²) in [5.74, 6) is 0.804. The van der Waals surface area contributed by atoms with Crippen LogP contribution in [0.5, 0.6) is 5.75 Å². The fourth-order valence-corrected chi connectivity index (χ4v) is 3.05. The van der Waals surface area contributed by atoms with Crippen LogP contribution in [0.4, 0.5) is 0 Å². The molecule has 6 heteroatoms. The smallest absolute Gasteiger partial charge is 0.278 e. The van der Waals surface area contributed by atoms with E-state index in [1.54, 1.807) is 18.0 Å². The number of hydrogen-bond acceptors (Lipinski definition) is 4. The molecule has 3 rings (SSSR count). The zero-order chi connectivity index (χ0) is 18.5. The average molecular weight is 357 g/mol. The van der Waals surface area contributed by atoms with Crippen LogP contribution in [-0.4, -0.2) is 53.5 Å². The van der Waals surface area contributed by atoms with Gasteiger partial charge in [-0.3, -0.25) is 4.79 Å². The predicted octanol–water partition coefficient (Wildman–Crippen LogP) is 3.16. The van der Waals surface area contributed by atoms with E-state index in [9.17, 15) is 4.79 Å². The third-order valence-electron chi connectivity index (χ3n) is 4.47. The molecule has 1 aliphatic rings. The van der Waals surface area contributed by atoms with Gasteiger partial charge >= 0.3 is 0 Å². The molecule has 1 atom stereocenters. The molecule has 140 valence electrons. The van der Waals surface area contributed by atoms with Crippen molar-refractivity contribution in [3.8, 4) is 11.4 Å². The molecule has 1 amide bonds. The SMILES string of the molecule is COC1CCCN(C(=O)c2nn(-c3ccccc3)cc2OCC(C)C)C1. The van der Waals surface area contributed by atoms with E-state index in [0.717, 1.165) is 25.1 Å². The minimum Gasteiger partial charge on any atom is -0.489 e. The van der Waals surface area contributed by atoms with Crippen LogP contribution in [0.3, 0.4) is 0 Å². The molecule has 0 saturated carbocycles. The molecule has 1 saturated heterocycles. The molecular weight excluding hydrogens is 330 g/mol. The van der Waals surface area contributed by atoms with Gasteiger partial charge in [-0.1, -0.05) is 32.0 Å². The largest absolute Gasteiger partial charge is 0.489 e. The minimum absolute atomic E-state index is 0.0870. The Labute approximate surface area is 154 Å². The Morgan fingerprint density at radius 1 is 1.31 bits per heavy atom. The first-order valence-electron chi connectivity index (χ1n) is 9.18. The summed E-state index contributed by atoms with van der Waals surface area (Å²) in [5, 5.41) is 4.54. The summed E-state index contributed by atoms with van der Waals surface area (Å²) in [6, 6.07) is 9.75. The van der Waals surface area contributed by atoms with Crippen LogP contribution in [0.1, 0.15) is 37.2 Å². The fourth-order valence-electron chi connectivity index (χ4n) is 3.05. The third kappa shape index (κ3) is 4.25. The van der Waals surface area contributed by atoms with Gasteiger partial charge in [0.25, 0.3) is 5.91 Å². The van der Waals surface area contributed by atoms with Crippen LogP contribution in [-0.2, 0) is 4.74 Å². The Bertz CT molecular complexity index is 727. The molecular formula is C20H27N3O3. The minimum atomic E-state index is -0.0970. The first-order valence-corrected chi connectivity index (χ1v) is 9.18. The highest BCUT2D eigenvalue weighted by Crippen LogP contribution is 2.24. The van der Waals surface area contributed by atoms with Crippen molar-refractivity contribution in [2.24, 2.45) is 5.92 Å². The van der Waals surface area contributed by atoms with Gasteiger partial charge in [-0.2, -0.15) is 5.10 Å². The Morgan fingerprint density at radius 3 is 2.77 bits per heavy atom. The van der Waals surface area contributed by atoms with Gasteiger partial charge < -0.3 is 14.4 Å². The quantitative estimate of drug-likeness (QED) is 0.797. The van der Waals surface area contributed by atoms with E-state index in [1.165, 1.54) is 0 Å². The maximum atomic E-state index is 13.1. The van der Waals surface area contributed by atoms with Gasteiger partial charge in [-0.05, 0) is 30.9 Å². The van der Waals surface area contributed by atoms with Crippen molar-refractivity contribution in [1.82, 2.24) is 14.7 Å². The van der Waals surface area contributed by atoms with E-state index in [4.69, 9.17) is 9.47 Å². The van der Waals surface area contributed by atoms with Gasteiger partial charge in [0.1, 0.15) is 0 Å². The van der Waals surface area contributed by atoms with Crippen molar-refractivity contribution in [3.05, 3.63) is 42.2 Å². The summed E-state index contributed by atoms with van der Waals surface area (Å²) in [7, 11) is 1.69. The molecule has 2 aromatic rings. The molecule has 0 N–H and O–H groups in total. The maximum Gasteiger partial charge on any atom is 0.278 e.